The number of esters is 1. The summed E-state index contributed by atoms with van der Waals surface area (Å²) in [7, 11) is 2.61. The summed E-state index contributed by atoms with van der Waals surface area (Å²) >= 11 is 1.25. The van der Waals surface area contributed by atoms with E-state index < -0.39 is 33.3 Å². The Hall–Kier alpha value is -3.93. The third kappa shape index (κ3) is 5.17. The lowest BCUT2D eigenvalue weighted by Gasteiger charge is -2.10. The summed E-state index contributed by atoms with van der Waals surface area (Å²) in [5, 5.41) is 11.9. The van der Waals surface area contributed by atoms with Gasteiger partial charge in [-0.25, -0.2) is 14.8 Å². The van der Waals surface area contributed by atoms with Crippen LogP contribution in [-0.2, 0) is 5.75 Å². The highest BCUT2D eigenvalue weighted by Gasteiger charge is 2.27. The Kier molecular flexibility index (Phi) is 6.82. The van der Waals surface area contributed by atoms with E-state index in [1.807, 2.05) is 0 Å². The summed E-state index contributed by atoms with van der Waals surface area (Å²) in [4.78, 5) is 43.5. The van der Waals surface area contributed by atoms with Crippen LogP contribution in [0.2, 0.25) is 0 Å². The molecule has 2 heterocycles. The summed E-state index contributed by atoms with van der Waals surface area (Å²) in [5.41, 5.74) is -1.61. The van der Waals surface area contributed by atoms with E-state index in [4.69, 9.17) is 18.6 Å². The fraction of sp³-hybridized carbons (Fsp3) is 0.158. The van der Waals surface area contributed by atoms with Crippen molar-refractivity contribution in [3.05, 3.63) is 74.6 Å². The molecule has 160 valence electrons. The normalized spacial score (nSPS) is 10.4. The zero-order valence-electron chi connectivity index (χ0n) is 16.3. The van der Waals surface area contributed by atoms with E-state index in [0.717, 1.165) is 24.5 Å². The van der Waals surface area contributed by atoms with E-state index in [1.54, 1.807) is 18.5 Å². The van der Waals surface area contributed by atoms with Crippen LogP contribution < -0.4 is 19.6 Å². The van der Waals surface area contributed by atoms with Crippen LogP contribution in [0.5, 0.6) is 17.2 Å². The molecular formula is C19H15N3O8S. The van der Waals surface area contributed by atoms with Gasteiger partial charge in [-0.3, -0.25) is 14.9 Å². The number of thioether (sulfide) groups is 1. The summed E-state index contributed by atoms with van der Waals surface area (Å²) < 4.78 is 20.4. The predicted molar refractivity (Wildman–Crippen MR) is 108 cm³/mol. The molecular weight excluding hydrogens is 430 g/mol. The van der Waals surface area contributed by atoms with Crippen LogP contribution in [0, 0.1) is 10.1 Å². The highest BCUT2D eigenvalue weighted by molar-refractivity contribution is 7.98. The highest BCUT2D eigenvalue weighted by Crippen LogP contribution is 2.35. The lowest BCUT2D eigenvalue weighted by molar-refractivity contribution is -0.385. The molecule has 0 saturated carbocycles. The predicted octanol–water partition coefficient (Wildman–Crippen LogP) is 2.87. The third-order valence-corrected chi connectivity index (χ3v) is 4.76. The topological polar surface area (TPSA) is 144 Å². The van der Waals surface area contributed by atoms with Crippen LogP contribution in [0.4, 0.5) is 5.69 Å². The van der Waals surface area contributed by atoms with Gasteiger partial charge in [0.05, 0.1) is 31.0 Å². The van der Waals surface area contributed by atoms with Gasteiger partial charge in [-0.15, -0.1) is 0 Å². The fourth-order valence-electron chi connectivity index (χ4n) is 2.42. The van der Waals surface area contributed by atoms with E-state index in [9.17, 15) is 19.7 Å². The van der Waals surface area contributed by atoms with Crippen molar-refractivity contribution in [2.75, 3.05) is 14.2 Å². The Morgan fingerprint density at radius 3 is 2.42 bits per heavy atom. The Bertz CT molecular complexity index is 1170. The van der Waals surface area contributed by atoms with Gasteiger partial charge in [0.1, 0.15) is 17.6 Å². The molecule has 2 aromatic heterocycles. The SMILES string of the molecule is COc1cc(C(=O)Oc2coc(CSc3ncccn3)cc2=O)c([N+](=O)[O-])cc1OC. The Balaban J connectivity index is 1.80. The number of nitrogens with zero attached hydrogens (tertiary/aromatic N) is 3. The van der Waals surface area contributed by atoms with E-state index in [2.05, 4.69) is 9.97 Å². The van der Waals surface area contributed by atoms with Crippen LogP contribution in [-0.4, -0.2) is 35.1 Å². The number of hydrogen-bond donors (Lipinski definition) is 0. The number of carbonyl (C=O) groups is 1. The van der Waals surface area contributed by atoms with Crippen LogP contribution in [0.15, 0.2) is 57.3 Å². The van der Waals surface area contributed by atoms with Gasteiger partial charge in [0.15, 0.2) is 16.7 Å². The number of benzene rings is 1. The van der Waals surface area contributed by atoms with Crippen LogP contribution in [0.1, 0.15) is 16.1 Å². The molecule has 1 aromatic carbocycles. The molecule has 0 spiro atoms. The lowest BCUT2D eigenvalue weighted by Crippen LogP contribution is -2.16. The van der Waals surface area contributed by atoms with Crippen molar-refractivity contribution in [2.24, 2.45) is 0 Å². The van der Waals surface area contributed by atoms with Crippen LogP contribution >= 0.6 is 11.8 Å². The molecule has 0 saturated heterocycles. The minimum absolute atomic E-state index is 0.0644. The molecule has 0 bridgehead atoms. The number of rotatable bonds is 8. The Morgan fingerprint density at radius 1 is 1.13 bits per heavy atom. The maximum Gasteiger partial charge on any atom is 0.350 e. The molecule has 0 aliphatic carbocycles. The van der Waals surface area contributed by atoms with Crippen molar-refractivity contribution in [3.63, 3.8) is 0 Å². The number of nitro groups is 1. The number of hydrogen-bond acceptors (Lipinski definition) is 11. The monoisotopic (exact) mass is 445 g/mol. The number of nitro benzene ring substituents is 1. The molecule has 3 aromatic rings. The van der Waals surface area contributed by atoms with Gasteiger partial charge in [0.2, 0.25) is 11.2 Å². The standard InChI is InChI=1S/C19H15N3O8S/c1-27-15-7-12(13(22(25)26)8-16(15)28-2)18(24)30-17-9-29-11(6-14(17)23)10-31-19-20-4-3-5-21-19/h3-9H,10H2,1-2H3. The van der Waals surface area contributed by atoms with Gasteiger partial charge in [-0.05, 0) is 6.07 Å². The number of carbonyl (C=O) groups excluding carboxylic acids is 1. The molecule has 0 unspecified atom stereocenters. The maximum absolute atomic E-state index is 12.5. The number of aromatic nitrogens is 2. The van der Waals surface area contributed by atoms with Crippen molar-refractivity contribution in [2.45, 2.75) is 10.9 Å². The molecule has 0 radical (unpaired) electrons. The van der Waals surface area contributed by atoms with Gasteiger partial charge < -0.3 is 18.6 Å². The molecule has 0 amide bonds. The zero-order valence-corrected chi connectivity index (χ0v) is 17.1. The van der Waals surface area contributed by atoms with E-state index in [0.29, 0.717) is 10.9 Å². The van der Waals surface area contributed by atoms with E-state index in [-0.39, 0.29) is 17.3 Å². The smallest absolute Gasteiger partial charge is 0.350 e. The third-order valence-electron chi connectivity index (χ3n) is 3.86. The molecule has 0 atom stereocenters. The van der Waals surface area contributed by atoms with Gasteiger partial charge >= 0.3 is 5.97 Å². The quantitative estimate of drug-likeness (QED) is 0.166. The van der Waals surface area contributed by atoms with Gasteiger partial charge in [0.25, 0.3) is 5.69 Å². The molecule has 0 aliphatic rings. The fourth-order valence-corrected chi connectivity index (χ4v) is 3.12. The van der Waals surface area contributed by atoms with Crippen molar-refractivity contribution < 1.29 is 28.3 Å². The zero-order chi connectivity index (χ0) is 22.4. The largest absolute Gasteiger partial charge is 0.493 e. The first kappa shape index (κ1) is 21.8. The van der Waals surface area contributed by atoms with Crippen molar-refractivity contribution >= 4 is 23.4 Å². The summed E-state index contributed by atoms with van der Waals surface area (Å²) in [6.45, 7) is 0. The molecule has 0 fully saturated rings. The van der Waals surface area contributed by atoms with Gasteiger partial charge in [-0.1, -0.05) is 11.8 Å². The first-order valence-electron chi connectivity index (χ1n) is 8.57. The summed E-state index contributed by atoms with van der Waals surface area (Å²) in [6.07, 6.45) is 4.14. The van der Waals surface area contributed by atoms with Crippen LogP contribution in [0.3, 0.4) is 0 Å². The Labute approximate surface area is 179 Å². The van der Waals surface area contributed by atoms with Gasteiger partial charge in [0, 0.05) is 24.5 Å². The van der Waals surface area contributed by atoms with Crippen molar-refractivity contribution in [3.8, 4) is 17.2 Å². The first-order valence-corrected chi connectivity index (χ1v) is 9.55. The molecule has 11 nitrogen and oxygen atoms in total. The maximum atomic E-state index is 12.5. The average Bonchev–Trinajstić information content (AvgIpc) is 2.78. The minimum atomic E-state index is -1.13. The second-order valence-corrected chi connectivity index (χ2v) is 6.71. The summed E-state index contributed by atoms with van der Waals surface area (Å²) in [5.74, 6) is -0.816. The molecule has 3 rings (SSSR count). The lowest BCUT2D eigenvalue weighted by atomic mass is 10.1. The minimum Gasteiger partial charge on any atom is -0.493 e. The number of methoxy groups -OCH3 is 2. The van der Waals surface area contributed by atoms with Crippen molar-refractivity contribution in [1.82, 2.24) is 9.97 Å². The molecule has 0 aliphatic heterocycles. The Morgan fingerprint density at radius 2 is 1.81 bits per heavy atom. The van der Waals surface area contributed by atoms with Crippen molar-refractivity contribution in [1.29, 1.82) is 0 Å². The van der Waals surface area contributed by atoms with E-state index in [1.165, 1.54) is 26.0 Å². The second-order valence-electron chi connectivity index (χ2n) is 5.77. The molecule has 31 heavy (non-hydrogen) atoms. The number of ether oxygens (including phenoxy) is 3. The highest BCUT2D eigenvalue weighted by atomic mass is 32.2. The summed E-state index contributed by atoms with van der Waals surface area (Å²) in [6, 6.07) is 4.97. The second kappa shape index (κ2) is 9.71. The van der Waals surface area contributed by atoms with E-state index >= 15 is 0 Å². The van der Waals surface area contributed by atoms with Gasteiger partial charge in [-0.2, -0.15) is 0 Å². The molecule has 12 heteroatoms. The average molecular weight is 445 g/mol. The molecule has 0 N–H and O–H groups in total. The first-order chi connectivity index (χ1) is 14.9. The van der Waals surface area contributed by atoms with Crippen LogP contribution in [0.25, 0.3) is 0 Å².